The first-order valence-electron chi connectivity index (χ1n) is 5.08. The van der Waals surface area contributed by atoms with Gasteiger partial charge in [-0.25, -0.2) is 0 Å². The molecule has 2 aliphatic heterocycles. The first-order valence-corrected chi connectivity index (χ1v) is 5.08. The molecule has 1 amide bonds. The fraction of sp³-hybridized carbons (Fsp3) is 0.750. The molecule has 0 aromatic carbocycles. The van der Waals surface area contributed by atoms with Gasteiger partial charge < -0.3 is 10.2 Å². The van der Waals surface area contributed by atoms with Crippen molar-refractivity contribution in [3.05, 3.63) is 5.82 Å². The summed E-state index contributed by atoms with van der Waals surface area (Å²) in [5.41, 5.74) is 0. The summed E-state index contributed by atoms with van der Waals surface area (Å²) in [6, 6.07) is 0. The molecule has 2 atom stereocenters. The number of amides is 1. The Labute approximate surface area is 86.2 Å². The van der Waals surface area contributed by atoms with E-state index in [1.54, 1.807) is 0 Å². The van der Waals surface area contributed by atoms with Crippen LogP contribution in [0.25, 0.3) is 0 Å². The predicted molar refractivity (Wildman–Crippen MR) is 49.9 cm³/mol. The Hall–Kier alpha value is -1.50. The van der Waals surface area contributed by atoms with Crippen LogP contribution in [-0.2, 0) is 0 Å². The van der Waals surface area contributed by atoms with Gasteiger partial charge in [0.1, 0.15) is 0 Å². The van der Waals surface area contributed by atoms with Crippen LogP contribution in [0.3, 0.4) is 0 Å². The molecule has 0 spiro atoms. The lowest BCUT2D eigenvalue weighted by atomic mass is 10.0. The molecular weight excluding hydrogens is 196 g/mol. The SMILES string of the molecule is O=C(c1nn[nH]n1)N1CC2CNCC2C1. The Kier molecular flexibility index (Phi) is 1.91. The molecule has 0 bridgehead atoms. The highest BCUT2D eigenvalue weighted by Crippen LogP contribution is 2.26. The number of carbonyl (C=O) groups excluding carboxylic acids is 1. The zero-order valence-corrected chi connectivity index (χ0v) is 8.18. The molecule has 2 unspecified atom stereocenters. The van der Waals surface area contributed by atoms with E-state index in [0.29, 0.717) is 11.8 Å². The van der Waals surface area contributed by atoms with Crippen molar-refractivity contribution in [2.75, 3.05) is 26.2 Å². The van der Waals surface area contributed by atoms with E-state index in [-0.39, 0.29) is 11.7 Å². The average Bonchev–Trinajstić information content (AvgIpc) is 2.92. The van der Waals surface area contributed by atoms with Crippen LogP contribution < -0.4 is 5.32 Å². The first kappa shape index (κ1) is 8.78. The maximum atomic E-state index is 11.9. The van der Waals surface area contributed by atoms with E-state index in [4.69, 9.17) is 0 Å². The number of fused-ring (bicyclic) bond motifs is 1. The van der Waals surface area contributed by atoms with Crippen molar-refractivity contribution in [3.8, 4) is 0 Å². The maximum absolute atomic E-state index is 11.9. The number of tetrazole rings is 1. The quantitative estimate of drug-likeness (QED) is 0.586. The summed E-state index contributed by atoms with van der Waals surface area (Å²) in [4.78, 5) is 13.7. The van der Waals surface area contributed by atoms with Crippen molar-refractivity contribution in [3.63, 3.8) is 0 Å². The monoisotopic (exact) mass is 208 g/mol. The molecule has 3 heterocycles. The minimum atomic E-state index is -0.113. The predicted octanol–water partition coefficient (Wildman–Crippen LogP) is -1.51. The van der Waals surface area contributed by atoms with Crippen molar-refractivity contribution >= 4 is 5.91 Å². The first-order chi connectivity index (χ1) is 7.34. The van der Waals surface area contributed by atoms with Gasteiger partial charge in [-0.1, -0.05) is 0 Å². The lowest BCUT2D eigenvalue weighted by Crippen LogP contribution is -2.32. The van der Waals surface area contributed by atoms with Crippen molar-refractivity contribution in [1.82, 2.24) is 30.8 Å². The molecule has 7 heteroatoms. The molecule has 7 nitrogen and oxygen atoms in total. The third-order valence-electron chi connectivity index (χ3n) is 3.21. The number of nitrogens with one attached hydrogen (secondary N) is 2. The number of carbonyl (C=O) groups is 1. The Morgan fingerprint density at radius 2 is 2.07 bits per heavy atom. The number of H-pyrrole nitrogens is 1. The Morgan fingerprint density at radius 3 is 2.67 bits per heavy atom. The van der Waals surface area contributed by atoms with Crippen molar-refractivity contribution in [2.45, 2.75) is 0 Å². The molecule has 80 valence electrons. The van der Waals surface area contributed by atoms with Crippen molar-refractivity contribution in [2.24, 2.45) is 11.8 Å². The van der Waals surface area contributed by atoms with Crippen LogP contribution in [0, 0.1) is 11.8 Å². The molecule has 1 aromatic rings. The molecule has 0 saturated carbocycles. The zero-order chi connectivity index (χ0) is 10.3. The van der Waals surface area contributed by atoms with Gasteiger partial charge in [0.2, 0.25) is 0 Å². The molecule has 3 rings (SSSR count). The number of nitrogens with zero attached hydrogens (tertiary/aromatic N) is 4. The van der Waals surface area contributed by atoms with E-state index in [2.05, 4.69) is 25.9 Å². The Balaban J connectivity index is 1.72. The van der Waals surface area contributed by atoms with Crippen LogP contribution in [0.15, 0.2) is 0 Å². The van der Waals surface area contributed by atoms with E-state index in [1.165, 1.54) is 0 Å². The second kappa shape index (κ2) is 3.27. The van der Waals surface area contributed by atoms with Gasteiger partial charge in [0.15, 0.2) is 0 Å². The van der Waals surface area contributed by atoms with Gasteiger partial charge in [-0.3, -0.25) is 4.79 Å². The summed E-state index contributed by atoms with van der Waals surface area (Å²) in [7, 11) is 0. The molecule has 2 aliphatic rings. The van der Waals surface area contributed by atoms with Crippen LogP contribution in [0.1, 0.15) is 10.6 Å². The van der Waals surface area contributed by atoms with Gasteiger partial charge in [-0.2, -0.15) is 5.21 Å². The minimum Gasteiger partial charge on any atom is -0.335 e. The summed E-state index contributed by atoms with van der Waals surface area (Å²) in [5.74, 6) is 1.25. The Morgan fingerprint density at radius 1 is 1.33 bits per heavy atom. The Bertz CT molecular complexity index is 351. The number of hydrogen-bond donors (Lipinski definition) is 2. The molecule has 0 aliphatic carbocycles. The molecule has 2 N–H and O–H groups in total. The van der Waals surface area contributed by atoms with Gasteiger partial charge in [0, 0.05) is 26.2 Å². The molecular formula is C8H12N6O. The molecule has 15 heavy (non-hydrogen) atoms. The van der Waals surface area contributed by atoms with E-state index < -0.39 is 0 Å². The largest absolute Gasteiger partial charge is 0.335 e. The highest BCUT2D eigenvalue weighted by atomic mass is 16.2. The summed E-state index contributed by atoms with van der Waals surface area (Å²) in [6.45, 7) is 3.65. The van der Waals surface area contributed by atoms with E-state index in [1.807, 2.05) is 4.90 Å². The fourth-order valence-corrected chi connectivity index (χ4v) is 2.42. The smallest absolute Gasteiger partial charge is 0.295 e. The lowest BCUT2D eigenvalue weighted by molar-refractivity contribution is 0.0769. The summed E-state index contributed by atoms with van der Waals surface area (Å²) in [6.07, 6.45) is 0. The van der Waals surface area contributed by atoms with Gasteiger partial charge in [0.05, 0.1) is 0 Å². The number of rotatable bonds is 1. The number of aromatic nitrogens is 4. The normalized spacial score (nSPS) is 29.5. The summed E-state index contributed by atoms with van der Waals surface area (Å²) in [5, 5.41) is 16.4. The number of likely N-dealkylation sites (tertiary alicyclic amines) is 1. The average molecular weight is 208 g/mol. The summed E-state index contributed by atoms with van der Waals surface area (Å²) < 4.78 is 0. The minimum absolute atomic E-state index is 0.113. The van der Waals surface area contributed by atoms with E-state index in [0.717, 1.165) is 26.2 Å². The van der Waals surface area contributed by atoms with E-state index >= 15 is 0 Å². The van der Waals surface area contributed by atoms with Crippen molar-refractivity contribution in [1.29, 1.82) is 0 Å². The van der Waals surface area contributed by atoms with Gasteiger partial charge in [0.25, 0.3) is 11.7 Å². The highest BCUT2D eigenvalue weighted by molar-refractivity contribution is 5.90. The molecule has 2 saturated heterocycles. The third kappa shape index (κ3) is 1.39. The second-order valence-corrected chi connectivity index (χ2v) is 4.12. The fourth-order valence-electron chi connectivity index (χ4n) is 2.42. The van der Waals surface area contributed by atoms with E-state index in [9.17, 15) is 4.79 Å². The van der Waals surface area contributed by atoms with Gasteiger partial charge in [-0.15, -0.1) is 10.2 Å². The van der Waals surface area contributed by atoms with Crippen LogP contribution in [0.4, 0.5) is 0 Å². The lowest BCUT2D eigenvalue weighted by Gasteiger charge is -2.14. The van der Waals surface area contributed by atoms with Gasteiger partial charge in [-0.05, 0) is 17.0 Å². The number of hydrogen-bond acceptors (Lipinski definition) is 5. The zero-order valence-electron chi connectivity index (χ0n) is 8.18. The molecule has 2 fully saturated rings. The van der Waals surface area contributed by atoms with Gasteiger partial charge >= 0.3 is 0 Å². The molecule has 0 radical (unpaired) electrons. The van der Waals surface area contributed by atoms with Crippen LogP contribution in [0.5, 0.6) is 0 Å². The van der Waals surface area contributed by atoms with Crippen LogP contribution in [0.2, 0.25) is 0 Å². The molecule has 1 aromatic heterocycles. The van der Waals surface area contributed by atoms with Crippen molar-refractivity contribution < 1.29 is 4.79 Å². The third-order valence-corrected chi connectivity index (χ3v) is 3.21. The van der Waals surface area contributed by atoms with Crippen LogP contribution >= 0.6 is 0 Å². The second-order valence-electron chi connectivity index (χ2n) is 4.12. The highest BCUT2D eigenvalue weighted by Gasteiger charge is 2.39. The number of aromatic amines is 1. The standard InChI is InChI=1S/C8H12N6O/c15-8(7-10-12-13-11-7)14-3-5-1-9-2-6(5)4-14/h5-6,9H,1-4H2,(H,10,11,12,13). The maximum Gasteiger partial charge on any atom is 0.295 e. The van der Waals surface area contributed by atoms with Crippen LogP contribution in [-0.4, -0.2) is 57.6 Å². The topological polar surface area (TPSA) is 86.8 Å². The summed E-state index contributed by atoms with van der Waals surface area (Å²) >= 11 is 0.